The first kappa shape index (κ1) is 21.6. The number of benzene rings is 1. The Bertz CT molecular complexity index is 1250. The lowest BCUT2D eigenvalue weighted by molar-refractivity contribution is -0.113. The van der Waals surface area contributed by atoms with E-state index in [4.69, 9.17) is 4.74 Å². The molecule has 0 saturated heterocycles. The number of aryl methyl sites for hydroxylation is 2. The first-order valence-corrected chi connectivity index (χ1v) is 11.9. The summed E-state index contributed by atoms with van der Waals surface area (Å²) in [6.07, 6.45) is 2.76. The lowest BCUT2D eigenvalue weighted by Gasteiger charge is -2.10. The predicted octanol–water partition coefficient (Wildman–Crippen LogP) is 3.70. The van der Waals surface area contributed by atoms with Crippen LogP contribution in [0.5, 0.6) is 0 Å². The number of nitrogens with one attached hydrogen (secondary N) is 1. The Hall–Kier alpha value is -2.65. The second-order valence-electron chi connectivity index (χ2n) is 7.40. The number of ether oxygens (including phenoxy) is 1. The molecule has 0 unspecified atom stereocenters. The summed E-state index contributed by atoms with van der Waals surface area (Å²) in [5, 5.41) is 4.44. The van der Waals surface area contributed by atoms with Gasteiger partial charge in [-0.3, -0.25) is 14.2 Å². The average Bonchev–Trinajstić information content (AvgIpc) is 3.31. The maximum Gasteiger partial charge on any atom is 0.341 e. The average molecular weight is 458 g/mol. The molecule has 7 nitrogen and oxygen atoms in total. The molecule has 1 N–H and O–H groups in total. The summed E-state index contributed by atoms with van der Waals surface area (Å²) in [6, 6.07) is 5.54. The van der Waals surface area contributed by atoms with Gasteiger partial charge in [0.15, 0.2) is 5.16 Å². The van der Waals surface area contributed by atoms with Gasteiger partial charge in [-0.25, -0.2) is 9.78 Å². The van der Waals surface area contributed by atoms with Crippen molar-refractivity contribution in [2.75, 3.05) is 17.7 Å². The van der Waals surface area contributed by atoms with E-state index in [1.54, 1.807) is 14.0 Å². The lowest BCUT2D eigenvalue weighted by Crippen LogP contribution is -2.21. The number of hydrogen-bond donors (Lipinski definition) is 1. The highest BCUT2D eigenvalue weighted by molar-refractivity contribution is 7.99. The number of hydrogen-bond acceptors (Lipinski definition) is 7. The highest BCUT2D eigenvalue weighted by Crippen LogP contribution is 2.39. The second kappa shape index (κ2) is 8.84. The van der Waals surface area contributed by atoms with Crippen molar-refractivity contribution < 1.29 is 14.3 Å². The molecule has 1 aliphatic carbocycles. The number of carbonyl (C=O) groups is 2. The molecule has 1 aliphatic rings. The van der Waals surface area contributed by atoms with Gasteiger partial charge in [0.2, 0.25) is 5.91 Å². The highest BCUT2D eigenvalue weighted by atomic mass is 32.2. The molecule has 162 valence electrons. The Balaban J connectivity index is 1.52. The molecular formula is C22H23N3O4S2. The maximum absolute atomic E-state index is 12.7. The summed E-state index contributed by atoms with van der Waals surface area (Å²) in [4.78, 5) is 43.5. The number of nitrogens with zero attached hydrogens (tertiary/aromatic N) is 2. The van der Waals surface area contributed by atoms with E-state index in [1.165, 1.54) is 27.7 Å². The molecule has 0 aliphatic heterocycles. The van der Waals surface area contributed by atoms with Crippen LogP contribution < -0.4 is 10.9 Å². The van der Waals surface area contributed by atoms with E-state index in [0.717, 1.165) is 35.3 Å². The number of thiophene rings is 1. The van der Waals surface area contributed by atoms with E-state index in [9.17, 15) is 14.4 Å². The zero-order valence-corrected chi connectivity index (χ0v) is 19.2. The third-order valence-electron chi connectivity index (χ3n) is 5.18. The van der Waals surface area contributed by atoms with Crippen molar-refractivity contribution >= 4 is 50.9 Å². The summed E-state index contributed by atoms with van der Waals surface area (Å²) in [5.74, 6) is -0.574. The van der Waals surface area contributed by atoms with Gasteiger partial charge in [-0.05, 0) is 50.8 Å². The first-order valence-electron chi connectivity index (χ1n) is 10.1. The number of aromatic nitrogens is 2. The second-order valence-corrected chi connectivity index (χ2v) is 9.45. The number of rotatable bonds is 6. The molecule has 0 fully saturated rings. The summed E-state index contributed by atoms with van der Waals surface area (Å²) in [5.41, 5.74) is 2.95. The van der Waals surface area contributed by atoms with Crippen LogP contribution in [-0.2, 0) is 29.4 Å². The van der Waals surface area contributed by atoms with Crippen LogP contribution in [0.1, 0.15) is 39.7 Å². The standard InChI is InChI=1S/C22H23N3O4S2/c1-4-29-21(28)18-13-6-5-7-16(13)31-19(18)24-17(26)11-30-22-23-15-9-8-12(2)10-14(15)20(27)25(22)3/h8-10H,4-7,11H2,1-3H3,(H,24,26). The van der Waals surface area contributed by atoms with Gasteiger partial charge in [0.25, 0.3) is 5.56 Å². The minimum absolute atomic E-state index is 0.0719. The van der Waals surface area contributed by atoms with E-state index in [-0.39, 0.29) is 23.8 Å². The molecule has 3 aromatic rings. The molecule has 2 aromatic heterocycles. The molecule has 31 heavy (non-hydrogen) atoms. The smallest absolute Gasteiger partial charge is 0.341 e. The molecule has 9 heteroatoms. The topological polar surface area (TPSA) is 90.3 Å². The van der Waals surface area contributed by atoms with Crippen LogP contribution in [0.3, 0.4) is 0 Å². The summed E-state index contributed by atoms with van der Waals surface area (Å²) in [7, 11) is 1.65. The minimum Gasteiger partial charge on any atom is -0.462 e. The Morgan fingerprint density at radius 2 is 2.13 bits per heavy atom. The van der Waals surface area contributed by atoms with E-state index < -0.39 is 5.97 Å². The van der Waals surface area contributed by atoms with Crippen LogP contribution in [0.25, 0.3) is 10.9 Å². The monoisotopic (exact) mass is 457 g/mol. The van der Waals surface area contributed by atoms with Gasteiger partial charge in [0, 0.05) is 11.9 Å². The number of anilines is 1. The normalized spacial score (nSPS) is 12.7. The molecule has 0 bridgehead atoms. The fourth-order valence-electron chi connectivity index (χ4n) is 3.70. The van der Waals surface area contributed by atoms with Crippen LogP contribution in [0.15, 0.2) is 28.2 Å². The van der Waals surface area contributed by atoms with Gasteiger partial charge in [-0.2, -0.15) is 0 Å². The van der Waals surface area contributed by atoms with E-state index in [2.05, 4.69) is 10.3 Å². The Labute approximate surface area is 187 Å². The molecule has 2 heterocycles. The molecule has 0 spiro atoms. The molecule has 0 atom stereocenters. The van der Waals surface area contributed by atoms with Gasteiger partial charge in [-0.15, -0.1) is 11.3 Å². The van der Waals surface area contributed by atoms with Crippen LogP contribution >= 0.6 is 23.1 Å². The fraction of sp³-hybridized carbons (Fsp3) is 0.364. The zero-order valence-electron chi connectivity index (χ0n) is 17.6. The quantitative estimate of drug-likeness (QED) is 0.345. The van der Waals surface area contributed by atoms with E-state index in [0.29, 0.717) is 26.6 Å². The van der Waals surface area contributed by atoms with Gasteiger partial charge in [0.05, 0.1) is 28.8 Å². The van der Waals surface area contributed by atoms with Crippen molar-refractivity contribution in [1.29, 1.82) is 0 Å². The minimum atomic E-state index is -0.390. The van der Waals surface area contributed by atoms with Gasteiger partial charge in [-0.1, -0.05) is 23.4 Å². The molecule has 1 amide bonds. The van der Waals surface area contributed by atoms with Gasteiger partial charge in [0.1, 0.15) is 5.00 Å². The van der Waals surface area contributed by atoms with Crippen molar-refractivity contribution in [3.8, 4) is 0 Å². The summed E-state index contributed by atoms with van der Waals surface area (Å²) < 4.78 is 6.67. The predicted molar refractivity (Wildman–Crippen MR) is 123 cm³/mol. The number of thioether (sulfide) groups is 1. The molecule has 1 aromatic carbocycles. The van der Waals surface area contributed by atoms with Gasteiger partial charge >= 0.3 is 5.97 Å². The fourth-order valence-corrected chi connectivity index (χ4v) is 5.76. The van der Waals surface area contributed by atoms with Crippen LogP contribution in [0, 0.1) is 6.92 Å². The first-order chi connectivity index (χ1) is 14.9. The van der Waals surface area contributed by atoms with Crippen molar-refractivity contribution in [3.05, 3.63) is 50.1 Å². The highest BCUT2D eigenvalue weighted by Gasteiger charge is 2.28. The largest absolute Gasteiger partial charge is 0.462 e. The molecule has 4 rings (SSSR count). The third kappa shape index (κ3) is 4.24. The number of esters is 1. The van der Waals surface area contributed by atoms with E-state index in [1.807, 2.05) is 25.1 Å². The number of fused-ring (bicyclic) bond motifs is 2. The van der Waals surface area contributed by atoms with Crippen LogP contribution in [0.4, 0.5) is 5.00 Å². The van der Waals surface area contributed by atoms with Crippen LogP contribution in [0.2, 0.25) is 0 Å². The Morgan fingerprint density at radius 1 is 1.32 bits per heavy atom. The van der Waals surface area contributed by atoms with Crippen molar-refractivity contribution in [1.82, 2.24) is 9.55 Å². The summed E-state index contributed by atoms with van der Waals surface area (Å²) in [6.45, 7) is 3.98. The molecule has 0 saturated carbocycles. The lowest BCUT2D eigenvalue weighted by atomic mass is 10.1. The number of amides is 1. The summed E-state index contributed by atoms with van der Waals surface area (Å²) >= 11 is 2.64. The maximum atomic E-state index is 12.7. The molecular weight excluding hydrogens is 434 g/mol. The van der Waals surface area contributed by atoms with Crippen molar-refractivity contribution in [3.63, 3.8) is 0 Å². The van der Waals surface area contributed by atoms with Crippen molar-refractivity contribution in [2.24, 2.45) is 7.05 Å². The van der Waals surface area contributed by atoms with Gasteiger partial charge < -0.3 is 10.1 Å². The third-order valence-corrected chi connectivity index (χ3v) is 7.41. The van der Waals surface area contributed by atoms with Crippen LogP contribution in [-0.4, -0.2) is 33.8 Å². The SMILES string of the molecule is CCOC(=O)c1c(NC(=O)CSc2nc3ccc(C)cc3c(=O)n2C)sc2c1CCC2. The number of carbonyl (C=O) groups excluding carboxylic acids is 2. The zero-order chi connectivity index (χ0) is 22.1. The Kier molecular flexibility index (Phi) is 6.15. The molecule has 0 radical (unpaired) electrons. The Morgan fingerprint density at radius 3 is 2.90 bits per heavy atom. The van der Waals surface area contributed by atoms with Crippen molar-refractivity contribution in [2.45, 2.75) is 38.3 Å². The van der Waals surface area contributed by atoms with E-state index >= 15 is 0 Å².